The van der Waals surface area contributed by atoms with Crippen LogP contribution >= 0.6 is 11.8 Å². The van der Waals surface area contributed by atoms with Crippen LogP contribution in [-0.4, -0.2) is 37.9 Å². The van der Waals surface area contributed by atoms with Crippen molar-refractivity contribution in [3.8, 4) is 11.5 Å². The highest BCUT2D eigenvalue weighted by Crippen LogP contribution is 2.36. The van der Waals surface area contributed by atoms with Gasteiger partial charge in [-0.1, -0.05) is 55.1 Å². The fraction of sp³-hybridized carbons (Fsp3) is 0.240. The van der Waals surface area contributed by atoms with Gasteiger partial charge in [0.2, 0.25) is 0 Å². The van der Waals surface area contributed by atoms with E-state index in [2.05, 4.69) is 34.8 Å². The molecule has 0 saturated heterocycles. The van der Waals surface area contributed by atoms with Crippen LogP contribution < -0.4 is 9.47 Å². The first-order valence-electron chi connectivity index (χ1n) is 10.9. The number of ether oxygens (including phenoxy) is 2. The molecule has 1 N–H and O–H groups in total. The summed E-state index contributed by atoms with van der Waals surface area (Å²) in [6, 6.07) is 13.6. The van der Waals surface area contributed by atoms with Gasteiger partial charge in [-0.25, -0.2) is 0 Å². The summed E-state index contributed by atoms with van der Waals surface area (Å²) < 4.78 is 13.9. The molecule has 0 bridgehead atoms. The van der Waals surface area contributed by atoms with E-state index in [9.17, 15) is 4.79 Å². The molecule has 168 valence electrons. The number of nitrogens with one attached hydrogen (secondary N) is 1. The van der Waals surface area contributed by atoms with E-state index in [4.69, 9.17) is 9.47 Å². The minimum Gasteiger partial charge on any atom is -0.485 e. The van der Waals surface area contributed by atoms with Gasteiger partial charge >= 0.3 is 0 Å². The number of rotatable bonds is 8. The molecule has 1 atom stereocenters. The number of para-hydroxylation sites is 3. The van der Waals surface area contributed by atoms with Crippen molar-refractivity contribution in [2.24, 2.45) is 0 Å². The maximum atomic E-state index is 13.0. The second-order valence-corrected chi connectivity index (χ2v) is 8.65. The summed E-state index contributed by atoms with van der Waals surface area (Å²) in [4.78, 5) is 16.3. The predicted molar refractivity (Wildman–Crippen MR) is 128 cm³/mol. The van der Waals surface area contributed by atoms with Crippen LogP contribution in [0.1, 0.15) is 34.8 Å². The molecule has 5 rings (SSSR count). The van der Waals surface area contributed by atoms with E-state index in [1.54, 1.807) is 12.3 Å². The largest absolute Gasteiger partial charge is 0.485 e. The smallest absolute Gasteiger partial charge is 0.192 e. The Morgan fingerprint density at radius 3 is 2.91 bits per heavy atom. The number of H-pyrrole nitrogens is 1. The zero-order valence-corrected chi connectivity index (χ0v) is 19.1. The molecule has 0 amide bonds. The Kier molecular flexibility index (Phi) is 5.92. The fourth-order valence-corrected chi connectivity index (χ4v) is 4.88. The van der Waals surface area contributed by atoms with Gasteiger partial charge in [0, 0.05) is 29.2 Å². The molecule has 0 spiro atoms. The Hall–Kier alpha value is -3.52. The number of hydrogen-bond acceptors (Lipinski definition) is 6. The second-order valence-electron chi connectivity index (χ2n) is 7.71. The van der Waals surface area contributed by atoms with Crippen LogP contribution in [0, 0.1) is 0 Å². The molecule has 1 aliphatic rings. The molecule has 3 heterocycles. The highest BCUT2D eigenvalue weighted by atomic mass is 32.2. The van der Waals surface area contributed by atoms with E-state index in [1.165, 1.54) is 17.3 Å². The lowest BCUT2D eigenvalue weighted by molar-refractivity contribution is 0.0821. The van der Waals surface area contributed by atoms with Crippen LogP contribution in [0.2, 0.25) is 0 Å². The molecule has 1 aliphatic heterocycles. The summed E-state index contributed by atoms with van der Waals surface area (Å²) in [5.74, 6) is 2.34. The van der Waals surface area contributed by atoms with Gasteiger partial charge in [-0.2, -0.15) is 0 Å². The summed E-state index contributed by atoms with van der Waals surface area (Å²) in [5.41, 5.74) is 2.93. The van der Waals surface area contributed by atoms with Crippen molar-refractivity contribution in [3.05, 3.63) is 78.3 Å². The number of hydrogen-bond donors (Lipinski definition) is 1. The van der Waals surface area contributed by atoms with Crippen LogP contribution in [0.25, 0.3) is 10.9 Å². The van der Waals surface area contributed by atoms with Gasteiger partial charge in [0.25, 0.3) is 0 Å². The van der Waals surface area contributed by atoms with Crippen molar-refractivity contribution < 1.29 is 14.3 Å². The summed E-state index contributed by atoms with van der Waals surface area (Å²) in [6.07, 6.45) is 4.10. The molecule has 0 aliphatic carbocycles. The molecule has 2 aromatic carbocycles. The number of nitrogens with zero attached hydrogens (tertiary/aromatic N) is 3. The summed E-state index contributed by atoms with van der Waals surface area (Å²) in [5, 5.41) is 10.3. The number of aryl methyl sites for hydroxylation is 1. The van der Waals surface area contributed by atoms with E-state index >= 15 is 0 Å². The zero-order valence-electron chi connectivity index (χ0n) is 18.3. The third-order valence-corrected chi connectivity index (χ3v) is 6.64. The average Bonchev–Trinajstić information content (AvgIpc) is 3.47. The molecule has 0 unspecified atom stereocenters. The Labute approximate surface area is 195 Å². The number of carbonyl (C=O) groups excluding carboxylic acids is 1. The summed E-state index contributed by atoms with van der Waals surface area (Å²) in [7, 11) is 0. The quantitative estimate of drug-likeness (QED) is 0.226. The molecular weight excluding hydrogens is 436 g/mol. The Balaban J connectivity index is 1.35. The first-order chi connectivity index (χ1) is 16.2. The van der Waals surface area contributed by atoms with E-state index in [-0.39, 0.29) is 11.5 Å². The van der Waals surface area contributed by atoms with Crippen molar-refractivity contribution >= 4 is 28.4 Å². The Bertz CT molecular complexity index is 1330. The zero-order chi connectivity index (χ0) is 22.8. The normalized spacial score (nSPS) is 15.0. The van der Waals surface area contributed by atoms with Gasteiger partial charge in [-0.15, -0.1) is 16.8 Å². The minimum atomic E-state index is -0.390. The number of ketones is 1. The van der Waals surface area contributed by atoms with Gasteiger partial charge in [0.15, 0.2) is 34.4 Å². The molecule has 8 heteroatoms. The average molecular weight is 461 g/mol. The van der Waals surface area contributed by atoms with Crippen molar-refractivity contribution in [2.45, 2.75) is 31.1 Å². The van der Waals surface area contributed by atoms with Crippen LogP contribution in [-0.2, 0) is 13.0 Å². The minimum absolute atomic E-state index is 0.0420. The van der Waals surface area contributed by atoms with Gasteiger partial charge in [-0.05, 0) is 24.1 Å². The molecule has 7 nitrogen and oxygen atoms in total. The van der Waals surface area contributed by atoms with Crippen molar-refractivity contribution in [1.82, 2.24) is 19.7 Å². The SMILES string of the molecule is C=CCn1c(SCC(=O)c2c[nH]c3c(CC)cccc23)nnc1[C@H]1COc2ccccc2O1. The molecule has 0 saturated carbocycles. The number of Topliss-reactive ketones (excluding diaryl/α,β-unsaturated/α-hetero) is 1. The third-order valence-electron chi connectivity index (χ3n) is 5.67. The lowest BCUT2D eigenvalue weighted by Crippen LogP contribution is -2.25. The summed E-state index contributed by atoms with van der Waals surface area (Å²) in [6.45, 7) is 6.81. The number of benzene rings is 2. The number of thioether (sulfide) groups is 1. The van der Waals surface area contributed by atoms with Gasteiger partial charge in [0.1, 0.15) is 6.61 Å². The predicted octanol–water partition coefficient (Wildman–Crippen LogP) is 5.00. The molecular formula is C25H24N4O3S. The van der Waals surface area contributed by atoms with E-state index in [0.29, 0.717) is 41.2 Å². The second kappa shape index (κ2) is 9.15. The van der Waals surface area contributed by atoms with E-state index < -0.39 is 6.10 Å². The van der Waals surface area contributed by atoms with E-state index in [1.807, 2.05) is 41.0 Å². The Morgan fingerprint density at radius 2 is 2.09 bits per heavy atom. The maximum Gasteiger partial charge on any atom is 0.192 e. The van der Waals surface area contributed by atoms with Crippen molar-refractivity contribution in [1.29, 1.82) is 0 Å². The van der Waals surface area contributed by atoms with Crippen molar-refractivity contribution in [3.63, 3.8) is 0 Å². The van der Waals surface area contributed by atoms with E-state index in [0.717, 1.165) is 17.3 Å². The number of allylic oxidation sites excluding steroid dienone is 1. The number of aromatic nitrogens is 4. The molecule has 0 fully saturated rings. The highest BCUT2D eigenvalue weighted by molar-refractivity contribution is 7.99. The first kappa shape index (κ1) is 21.3. The molecule has 2 aromatic heterocycles. The molecule has 0 radical (unpaired) electrons. The monoisotopic (exact) mass is 460 g/mol. The molecule has 4 aromatic rings. The van der Waals surface area contributed by atoms with Crippen LogP contribution in [0.4, 0.5) is 0 Å². The number of aromatic amines is 1. The van der Waals surface area contributed by atoms with Gasteiger partial charge in [0.05, 0.1) is 5.75 Å². The van der Waals surface area contributed by atoms with Crippen LogP contribution in [0.5, 0.6) is 11.5 Å². The van der Waals surface area contributed by atoms with Crippen molar-refractivity contribution in [2.75, 3.05) is 12.4 Å². The van der Waals surface area contributed by atoms with Gasteiger partial charge in [-0.3, -0.25) is 9.36 Å². The topological polar surface area (TPSA) is 82.0 Å². The van der Waals surface area contributed by atoms with Gasteiger partial charge < -0.3 is 14.5 Å². The maximum absolute atomic E-state index is 13.0. The molecule has 33 heavy (non-hydrogen) atoms. The van der Waals surface area contributed by atoms with Crippen LogP contribution in [0.3, 0.4) is 0 Å². The number of carbonyl (C=O) groups is 1. The fourth-order valence-electron chi connectivity index (χ4n) is 4.04. The first-order valence-corrected chi connectivity index (χ1v) is 11.9. The lowest BCUT2D eigenvalue weighted by Gasteiger charge is -2.26. The highest BCUT2D eigenvalue weighted by Gasteiger charge is 2.28. The van der Waals surface area contributed by atoms with Crippen LogP contribution in [0.15, 0.2) is 66.5 Å². The number of fused-ring (bicyclic) bond motifs is 2. The lowest BCUT2D eigenvalue weighted by atomic mass is 10.1. The standard InChI is InChI=1S/C25H24N4O3S/c1-3-12-29-24(22-14-31-20-10-5-6-11-21(20)32-22)27-28-25(29)33-15-19(30)18-13-26-23-16(4-2)8-7-9-17(18)23/h3,5-11,13,22,26H,1,4,12,14-15H2,2H3/t22-/m1/s1. The third kappa shape index (κ3) is 4.02. The Morgan fingerprint density at radius 1 is 1.24 bits per heavy atom. The summed E-state index contributed by atoms with van der Waals surface area (Å²) >= 11 is 1.36.